The summed E-state index contributed by atoms with van der Waals surface area (Å²) in [5.41, 5.74) is 6.35. The van der Waals surface area contributed by atoms with Crippen LogP contribution >= 0.6 is 23.1 Å². The van der Waals surface area contributed by atoms with Gasteiger partial charge in [-0.05, 0) is 29.6 Å². The second-order valence-electron chi connectivity index (χ2n) is 3.51. The van der Waals surface area contributed by atoms with Gasteiger partial charge >= 0.3 is 0 Å². The zero-order chi connectivity index (χ0) is 12.5. The van der Waals surface area contributed by atoms with Crippen LogP contribution in [0, 0.1) is 0 Å². The lowest BCUT2D eigenvalue weighted by atomic mass is 10.3. The van der Waals surface area contributed by atoms with Gasteiger partial charge in [0.15, 0.2) is 9.84 Å². The smallest absolute Gasteiger partial charge is 0.175 e. The molecule has 0 spiro atoms. The van der Waals surface area contributed by atoms with Gasteiger partial charge in [-0.25, -0.2) is 8.42 Å². The van der Waals surface area contributed by atoms with Crippen LogP contribution in [0.5, 0.6) is 0 Å². The zero-order valence-electron chi connectivity index (χ0n) is 9.08. The van der Waals surface area contributed by atoms with Crippen LogP contribution in [0.4, 0.5) is 5.69 Å². The first-order valence-electron chi connectivity index (χ1n) is 4.78. The molecule has 90 valence electrons. The Morgan fingerprint density at radius 3 is 2.59 bits per heavy atom. The standard InChI is InChI=1S/C11H11NO2S3/c1-17(13,14)8-4-5-10(9(12)7-8)16-11-3-2-6-15-11/h2-7H,12H2,1H3. The van der Waals surface area contributed by atoms with Crippen molar-refractivity contribution in [3.63, 3.8) is 0 Å². The average molecular weight is 285 g/mol. The number of sulfone groups is 1. The molecule has 0 bridgehead atoms. The first-order chi connectivity index (χ1) is 7.97. The van der Waals surface area contributed by atoms with Gasteiger partial charge in [-0.15, -0.1) is 11.3 Å². The Kier molecular flexibility index (Phi) is 3.46. The van der Waals surface area contributed by atoms with E-state index in [9.17, 15) is 8.42 Å². The van der Waals surface area contributed by atoms with E-state index in [2.05, 4.69) is 0 Å². The molecule has 1 heterocycles. The van der Waals surface area contributed by atoms with Crippen LogP contribution in [0.15, 0.2) is 49.7 Å². The Bertz CT molecular complexity index is 618. The normalized spacial score (nSPS) is 11.6. The van der Waals surface area contributed by atoms with Crippen LogP contribution in [-0.4, -0.2) is 14.7 Å². The van der Waals surface area contributed by atoms with Crippen molar-refractivity contribution in [3.05, 3.63) is 35.7 Å². The maximum absolute atomic E-state index is 11.4. The highest BCUT2D eigenvalue weighted by molar-refractivity contribution is 8.01. The van der Waals surface area contributed by atoms with Gasteiger partial charge in [0.1, 0.15) is 0 Å². The third-order valence-electron chi connectivity index (χ3n) is 2.12. The molecular formula is C11H11NO2S3. The highest BCUT2D eigenvalue weighted by Crippen LogP contribution is 2.35. The van der Waals surface area contributed by atoms with Gasteiger partial charge in [-0.3, -0.25) is 0 Å². The summed E-state index contributed by atoms with van der Waals surface area (Å²) in [7, 11) is -3.19. The van der Waals surface area contributed by atoms with E-state index in [4.69, 9.17) is 5.73 Å². The molecule has 0 aliphatic carbocycles. The van der Waals surface area contributed by atoms with Crippen molar-refractivity contribution >= 4 is 38.6 Å². The molecular weight excluding hydrogens is 274 g/mol. The number of nitrogens with two attached hydrogens (primary N) is 1. The Morgan fingerprint density at radius 1 is 1.29 bits per heavy atom. The quantitative estimate of drug-likeness (QED) is 0.881. The first-order valence-corrected chi connectivity index (χ1v) is 8.36. The highest BCUT2D eigenvalue weighted by Gasteiger charge is 2.10. The van der Waals surface area contributed by atoms with E-state index in [1.54, 1.807) is 23.5 Å². The first kappa shape index (κ1) is 12.5. The highest BCUT2D eigenvalue weighted by atomic mass is 32.2. The van der Waals surface area contributed by atoms with Crippen molar-refractivity contribution in [1.82, 2.24) is 0 Å². The summed E-state index contributed by atoms with van der Waals surface area (Å²) in [4.78, 5) is 1.13. The topological polar surface area (TPSA) is 60.2 Å². The molecule has 0 saturated carbocycles. The largest absolute Gasteiger partial charge is 0.398 e. The molecule has 2 rings (SSSR count). The summed E-state index contributed by atoms with van der Waals surface area (Å²) >= 11 is 3.16. The lowest BCUT2D eigenvalue weighted by Crippen LogP contribution is -1.99. The molecule has 17 heavy (non-hydrogen) atoms. The second kappa shape index (κ2) is 4.72. The zero-order valence-corrected chi connectivity index (χ0v) is 11.5. The number of hydrogen-bond donors (Lipinski definition) is 1. The molecule has 0 unspecified atom stereocenters. The fourth-order valence-corrected chi connectivity index (χ4v) is 3.69. The van der Waals surface area contributed by atoms with Crippen LogP contribution in [0.25, 0.3) is 0 Å². The van der Waals surface area contributed by atoms with Crippen molar-refractivity contribution in [2.24, 2.45) is 0 Å². The predicted molar refractivity (Wildman–Crippen MR) is 72.4 cm³/mol. The molecule has 0 radical (unpaired) electrons. The Balaban J connectivity index is 2.33. The van der Waals surface area contributed by atoms with Gasteiger partial charge in [0.25, 0.3) is 0 Å². The monoisotopic (exact) mass is 285 g/mol. The number of anilines is 1. The minimum Gasteiger partial charge on any atom is -0.398 e. The maximum atomic E-state index is 11.4. The van der Waals surface area contributed by atoms with E-state index >= 15 is 0 Å². The van der Waals surface area contributed by atoms with E-state index in [0.29, 0.717) is 5.69 Å². The number of benzene rings is 1. The number of nitrogen functional groups attached to an aromatic ring is 1. The van der Waals surface area contributed by atoms with E-state index in [1.165, 1.54) is 24.1 Å². The molecule has 0 atom stereocenters. The number of thiophene rings is 1. The third kappa shape index (κ3) is 3.02. The van der Waals surface area contributed by atoms with Gasteiger partial charge in [0, 0.05) is 16.8 Å². The average Bonchev–Trinajstić information content (AvgIpc) is 2.72. The summed E-state index contributed by atoms with van der Waals surface area (Å²) in [5, 5.41) is 1.99. The van der Waals surface area contributed by atoms with Gasteiger partial charge in [-0.1, -0.05) is 17.8 Å². The van der Waals surface area contributed by atoms with E-state index in [0.717, 1.165) is 9.10 Å². The minimum atomic E-state index is -3.19. The summed E-state index contributed by atoms with van der Waals surface area (Å²) in [5.74, 6) is 0. The van der Waals surface area contributed by atoms with Crippen LogP contribution in [-0.2, 0) is 9.84 Å². The fraction of sp³-hybridized carbons (Fsp3) is 0.0909. The van der Waals surface area contributed by atoms with Gasteiger partial charge < -0.3 is 5.73 Å². The predicted octanol–water partition coefficient (Wildman–Crippen LogP) is 2.89. The molecule has 0 amide bonds. The van der Waals surface area contributed by atoms with Crippen molar-refractivity contribution in [1.29, 1.82) is 0 Å². The second-order valence-corrected chi connectivity index (χ2v) is 7.81. The van der Waals surface area contributed by atoms with E-state index < -0.39 is 9.84 Å². The molecule has 1 aromatic carbocycles. The number of rotatable bonds is 3. The molecule has 0 aliphatic rings. The Labute approximate surface area is 109 Å². The summed E-state index contributed by atoms with van der Waals surface area (Å²) < 4.78 is 23.8. The lowest BCUT2D eigenvalue weighted by molar-refractivity contribution is 0.602. The fourth-order valence-electron chi connectivity index (χ4n) is 1.28. The molecule has 2 aromatic rings. The Hall–Kier alpha value is -0.980. The lowest BCUT2D eigenvalue weighted by Gasteiger charge is -2.05. The number of hydrogen-bond acceptors (Lipinski definition) is 5. The van der Waals surface area contributed by atoms with Crippen molar-refractivity contribution in [2.75, 3.05) is 12.0 Å². The van der Waals surface area contributed by atoms with Crippen molar-refractivity contribution in [2.45, 2.75) is 14.0 Å². The van der Waals surface area contributed by atoms with Gasteiger partial charge in [-0.2, -0.15) is 0 Å². The summed E-state index contributed by atoms with van der Waals surface area (Å²) in [6, 6.07) is 8.80. The van der Waals surface area contributed by atoms with E-state index in [1.807, 2.05) is 17.5 Å². The molecule has 0 fully saturated rings. The van der Waals surface area contributed by atoms with E-state index in [-0.39, 0.29) is 4.90 Å². The third-order valence-corrected chi connectivity index (χ3v) is 5.35. The van der Waals surface area contributed by atoms with Gasteiger partial charge in [0.2, 0.25) is 0 Å². The summed E-state index contributed by atoms with van der Waals surface area (Å²) in [6.45, 7) is 0. The van der Waals surface area contributed by atoms with Gasteiger partial charge in [0.05, 0.1) is 9.10 Å². The van der Waals surface area contributed by atoms with Crippen LogP contribution in [0.3, 0.4) is 0 Å². The van der Waals surface area contributed by atoms with Crippen molar-refractivity contribution in [3.8, 4) is 0 Å². The molecule has 0 saturated heterocycles. The molecule has 1 aromatic heterocycles. The van der Waals surface area contributed by atoms with Crippen LogP contribution in [0.1, 0.15) is 0 Å². The van der Waals surface area contributed by atoms with Crippen molar-refractivity contribution < 1.29 is 8.42 Å². The molecule has 6 heteroatoms. The molecule has 3 nitrogen and oxygen atoms in total. The minimum absolute atomic E-state index is 0.255. The summed E-state index contributed by atoms with van der Waals surface area (Å²) in [6.07, 6.45) is 1.17. The van der Waals surface area contributed by atoms with Crippen LogP contribution < -0.4 is 5.73 Å². The molecule has 0 aliphatic heterocycles. The van der Waals surface area contributed by atoms with Crippen LogP contribution in [0.2, 0.25) is 0 Å². The maximum Gasteiger partial charge on any atom is 0.175 e. The Morgan fingerprint density at radius 2 is 2.06 bits per heavy atom. The molecule has 2 N–H and O–H groups in total. The SMILES string of the molecule is CS(=O)(=O)c1ccc(Sc2cccs2)c(N)c1.